The molecular formula is C10H17BrO. The first kappa shape index (κ1) is 14.2. The number of hydrogen-bond donors (Lipinski definition) is 0. The van der Waals surface area contributed by atoms with Crippen LogP contribution in [0.4, 0.5) is 0 Å². The van der Waals surface area contributed by atoms with Gasteiger partial charge in [-0.3, -0.25) is 0 Å². The summed E-state index contributed by atoms with van der Waals surface area (Å²) in [4.78, 5) is 0. The molecule has 0 aliphatic rings. The highest BCUT2D eigenvalue weighted by Gasteiger charge is 1.74. The lowest BCUT2D eigenvalue weighted by Gasteiger charge is -1.80. The summed E-state index contributed by atoms with van der Waals surface area (Å²) >= 11 is 3.31. The minimum absolute atomic E-state index is 1.13. The van der Waals surface area contributed by atoms with E-state index in [-0.39, 0.29) is 0 Å². The van der Waals surface area contributed by atoms with Crippen LogP contribution in [-0.2, 0) is 4.74 Å². The Morgan fingerprint density at radius 1 is 1.00 bits per heavy atom. The molecule has 1 aromatic rings. The number of hydrogen-bond acceptors (Lipinski definition) is 1. The highest BCUT2D eigenvalue weighted by Crippen LogP contribution is 2.05. The topological polar surface area (TPSA) is 9.23 Å². The van der Waals surface area contributed by atoms with Crippen molar-refractivity contribution in [2.75, 3.05) is 14.2 Å². The van der Waals surface area contributed by atoms with Gasteiger partial charge in [0, 0.05) is 18.7 Å². The minimum Gasteiger partial charge on any atom is -0.388 e. The van der Waals surface area contributed by atoms with Crippen molar-refractivity contribution in [1.29, 1.82) is 0 Å². The molecule has 70 valence electrons. The van der Waals surface area contributed by atoms with Crippen LogP contribution in [0.5, 0.6) is 0 Å². The lowest BCUT2D eigenvalue weighted by atomic mass is 10.4. The molecule has 0 atom stereocenters. The summed E-state index contributed by atoms with van der Waals surface area (Å²) in [7, 11) is 3.25. The molecule has 1 rings (SSSR count). The highest BCUT2D eigenvalue weighted by molar-refractivity contribution is 9.10. The second-order valence-corrected chi connectivity index (χ2v) is 2.62. The zero-order valence-corrected chi connectivity index (χ0v) is 9.76. The van der Waals surface area contributed by atoms with Crippen molar-refractivity contribution in [3.05, 3.63) is 34.8 Å². The third kappa shape index (κ3) is 12.3. The van der Waals surface area contributed by atoms with Crippen LogP contribution in [0, 0.1) is 0 Å². The number of rotatable bonds is 0. The van der Waals surface area contributed by atoms with Crippen molar-refractivity contribution >= 4 is 15.9 Å². The molecule has 0 N–H and O–H groups in total. The van der Waals surface area contributed by atoms with Gasteiger partial charge in [0.05, 0.1) is 0 Å². The van der Waals surface area contributed by atoms with Crippen molar-refractivity contribution in [2.45, 2.75) is 13.8 Å². The van der Waals surface area contributed by atoms with E-state index >= 15 is 0 Å². The standard InChI is InChI=1S/C6H5Br.C2H6O.C2H6/c7-6-4-2-1-3-5-6;1-3-2;1-2/h1-5H;1-2H3;1-2H3. The zero-order valence-electron chi connectivity index (χ0n) is 8.17. The zero-order chi connectivity index (χ0) is 9.82. The molecule has 0 saturated heterocycles. The normalized spacial score (nSPS) is 7.08. The van der Waals surface area contributed by atoms with Crippen LogP contribution < -0.4 is 0 Å². The van der Waals surface area contributed by atoms with Crippen LogP contribution in [0.2, 0.25) is 0 Å². The Bertz CT molecular complexity index is 151. The largest absolute Gasteiger partial charge is 0.388 e. The molecule has 0 saturated carbocycles. The fraction of sp³-hybridized carbons (Fsp3) is 0.400. The van der Waals surface area contributed by atoms with Gasteiger partial charge >= 0.3 is 0 Å². The Morgan fingerprint density at radius 2 is 1.33 bits per heavy atom. The molecule has 2 heteroatoms. The highest BCUT2D eigenvalue weighted by atomic mass is 79.9. The molecule has 0 heterocycles. The van der Waals surface area contributed by atoms with Crippen LogP contribution in [0.1, 0.15) is 13.8 Å². The van der Waals surface area contributed by atoms with E-state index in [1.807, 2.05) is 44.2 Å². The SMILES string of the molecule is Brc1ccccc1.CC.COC. The molecule has 1 aromatic carbocycles. The third-order valence-electron chi connectivity index (χ3n) is 0.733. The van der Waals surface area contributed by atoms with E-state index in [1.165, 1.54) is 0 Å². The van der Waals surface area contributed by atoms with Gasteiger partial charge in [0.2, 0.25) is 0 Å². The predicted octanol–water partition coefficient (Wildman–Crippen LogP) is 3.74. The Kier molecular flexibility index (Phi) is 15.7. The smallest absolute Gasteiger partial charge is 0.0351 e. The molecule has 0 aliphatic heterocycles. The third-order valence-corrected chi connectivity index (χ3v) is 1.26. The van der Waals surface area contributed by atoms with E-state index in [0.29, 0.717) is 0 Å². The van der Waals surface area contributed by atoms with E-state index in [0.717, 1.165) is 4.47 Å². The molecule has 0 bridgehead atoms. The van der Waals surface area contributed by atoms with Crippen LogP contribution in [-0.4, -0.2) is 14.2 Å². The summed E-state index contributed by atoms with van der Waals surface area (Å²) in [6.07, 6.45) is 0. The summed E-state index contributed by atoms with van der Waals surface area (Å²) in [5.74, 6) is 0. The lowest BCUT2D eigenvalue weighted by molar-refractivity contribution is 0.277. The fourth-order valence-electron chi connectivity index (χ4n) is 0.415. The first-order valence-electron chi connectivity index (χ1n) is 3.92. The molecule has 0 unspecified atom stereocenters. The van der Waals surface area contributed by atoms with Gasteiger partial charge in [-0.25, -0.2) is 0 Å². The fourth-order valence-corrected chi connectivity index (χ4v) is 0.720. The summed E-state index contributed by atoms with van der Waals surface area (Å²) in [6.45, 7) is 4.00. The van der Waals surface area contributed by atoms with E-state index < -0.39 is 0 Å². The maximum Gasteiger partial charge on any atom is 0.0351 e. The van der Waals surface area contributed by atoms with Gasteiger partial charge in [0.15, 0.2) is 0 Å². The first-order valence-corrected chi connectivity index (χ1v) is 4.71. The van der Waals surface area contributed by atoms with Crippen molar-refractivity contribution in [3.63, 3.8) is 0 Å². The van der Waals surface area contributed by atoms with E-state index in [1.54, 1.807) is 14.2 Å². The van der Waals surface area contributed by atoms with Gasteiger partial charge in [-0.05, 0) is 12.1 Å². The Hall–Kier alpha value is -0.340. The van der Waals surface area contributed by atoms with E-state index in [2.05, 4.69) is 20.7 Å². The molecule has 0 aliphatic carbocycles. The van der Waals surface area contributed by atoms with Gasteiger partial charge in [0.1, 0.15) is 0 Å². The maximum absolute atomic E-state index is 4.25. The predicted molar refractivity (Wildman–Crippen MR) is 58.4 cm³/mol. The van der Waals surface area contributed by atoms with E-state index in [9.17, 15) is 0 Å². The second kappa shape index (κ2) is 13.3. The van der Waals surface area contributed by atoms with Gasteiger partial charge in [-0.15, -0.1) is 0 Å². The second-order valence-electron chi connectivity index (χ2n) is 1.70. The number of halogens is 1. The lowest BCUT2D eigenvalue weighted by Crippen LogP contribution is -1.55. The number of ether oxygens (including phenoxy) is 1. The number of benzene rings is 1. The Balaban J connectivity index is 0. The van der Waals surface area contributed by atoms with Crippen LogP contribution in [0.25, 0.3) is 0 Å². The molecule has 0 spiro atoms. The quantitative estimate of drug-likeness (QED) is 0.663. The van der Waals surface area contributed by atoms with E-state index in [4.69, 9.17) is 0 Å². The summed E-state index contributed by atoms with van der Waals surface area (Å²) in [5, 5.41) is 0. The summed E-state index contributed by atoms with van der Waals surface area (Å²) < 4.78 is 5.38. The van der Waals surface area contributed by atoms with Crippen LogP contribution in [0.3, 0.4) is 0 Å². The average Bonchev–Trinajstić information content (AvgIpc) is 2.11. The molecule has 0 radical (unpaired) electrons. The monoisotopic (exact) mass is 232 g/mol. The minimum atomic E-state index is 1.13. The Labute approximate surface area is 83.9 Å². The Morgan fingerprint density at radius 3 is 1.50 bits per heavy atom. The summed E-state index contributed by atoms with van der Waals surface area (Å²) in [5.41, 5.74) is 0. The van der Waals surface area contributed by atoms with Gasteiger partial charge in [0.25, 0.3) is 0 Å². The first-order chi connectivity index (χ1) is 5.81. The molecule has 0 fully saturated rings. The van der Waals surface area contributed by atoms with Crippen molar-refractivity contribution in [3.8, 4) is 0 Å². The molecular weight excluding hydrogens is 216 g/mol. The maximum atomic E-state index is 4.25. The van der Waals surface area contributed by atoms with Gasteiger partial charge in [-0.1, -0.05) is 48.0 Å². The van der Waals surface area contributed by atoms with Crippen LogP contribution >= 0.6 is 15.9 Å². The van der Waals surface area contributed by atoms with Gasteiger partial charge in [-0.2, -0.15) is 0 Å². The number of methoxy groups -OCH3 is 1. The molecule has 12 heavy (non-hydrogen) atoms. The molecule has 0 amide bonds. The van der Waals surface area contributed by atoms with Gasteiger partial charge < -0.3 is 4.74 Å². The van der Waals surface area contributed by atoms with Crippen molar-refractivity contribution in [2.24, 2.45) is 0 Å². The molecule has 0 aromatic heterocycles. The summed E-state index contributed by atoms with van der Waals surface area (Å²) in [6, 6.07) is 9.97. The van der Waals surface area contributed by atoms with Crippen molar-refractivity contribution < 1.29 is 4.74 Å². The molecule has 1 nitrogen and oxygen atoms in total. The van der Waals surface area contributed by atoms with Crippen LogP contribution in [0.15, 0.2) is 34.8 Å². The average molecular weight is 233 g/mol. The van der Waals surface area contributed by atoms with Crippen molar-refractivity contribution in [1.82, 2.24) is 0 Å².